The van der Waals surface area contributed by atoms with Crippen LogP contribution in [0, 0.1) is 6.33 Å². The maximum atomic E-state index is 9.31. The summed E-state index contributed by atoms with van der Waals surface area (Å²) in [5.74, 6) is 1.67. The molecule has 13 aromatic rings. The van der Waals surface area contributed by atoms with Crippen LogP contribution >= 0.6 is 0 Å². The molecule has 6 heteroatoms. The molecular weight excluding hydrogens is 927 g/mol. The van der Waals surface area contributed by atoms with Gasteiger partial charge in [-0.1, -0.05) is 200 Å². The lowest BCUT2D eigenvalue weighted by Crippen LogP contribution is -2.31. The normalized spacial score (nSPS) is 13.7. The van der Waals surface area contributed by atoms with Gasteiger partial charge < -0.3 is 9.30 Å². The van der Waals surface area contributed by atoms with Gasteiger partial charge in [0, 0.05) is 42.6 Å². The molecule has 4 heterocycles. The summed E-state index contributed by atoms with van der Waals surface area (Å²) in [5.41, 5.74) is 12.2. The third-order valence-corrected chi connectivity index (χ3v) is 14.7. The first-order valence-electron chi connectivity index (χ1n) is 29.3. The first kappa shape index (κ1) is 39.5. The Balaban J connectivity index is 1.03. The molecule has 370 valence electrons. The molecule has 0 aliphatic rings. The molecule has 0 spiro atoms. The van der Waals surface area contributed by atoms with Crippen molar-refractivity contribution in [2.45, 2.75) is 65.7 Å². The number of ether oxygens (including phenoxy) is 1. The first-order chi connectivity index (χ1) is 39.7. The van der Waals surface area contributed by atoms with Crippen LogP contribution in [0.15, 0.2) is 218 Å². The molecule has 0 N–H and O–H groups in total. The number of benzene rings is 9. The van der Waals surface area contributed by atoms with Gasteiger partial charge >= 0.3 is 0 Å². The van der Waals surface area contributed by atoms with Crippen LogP contribution in [0.25, 0.3) is 99.8 Å². The van der Waals surface area contributed by atoms with Gasteiger partial charge in [-0.25, -0.2) is 4.98 Å². The van der Waals surface area contributed by atoms with E-state index in [4.69, 9.17) is 16.6 Å². The fourth-order valence-electron chi connectivity index (χ4n) is 10.9. The van der Waals surface area contributed by atoms with Crippen molar-refractivity contribution in [1.82, 2.24) is 18.7 Å². The number of nitrogens with zero attached hydrogens (tertiary/aromatic N) is 5. The number of hydrogen-bond donors (Lipinski definition) is 0. The number of aromatic nitrogens is 5. The Morgan fingerprint density at radius 3 is 1.83 bits per heavy atom. The molecule has 4 aromatic heterocycles. The van der Waals surface area contributed by atoms with Crippen LogP contribution in [0.1, 0.15) is 74.8 Å². The van der Waals surface area contributed by atoms with Crippen molar-refractivity contribution < 1.29 is 18.9 Å². The highest BCUT2D eigenvalue weighted by Crippen LogP contribution is 2.44. The summed E-state index contributed by atoms with van der Waals surface area (Å²) in [6.07, 6.45) is 3.78. The Kier molecular flexibility index (Phi) is 9.42. The summed E-state index contributed by atoms with van der Waals surface area (Å²) in [5, 5.41) is 4.20. The topological polar surface area (TPSA) is 40.8 Å². The van der Waals surface area contributed by atoms with Crippen molar-refractivity contribution in [1.29, 1.82) is 0 Å². The summed E-state index contributed by atoms with van der Waals surface area (Å²) in [4.78, 5) is 4.88. The third kappa shape index (κ3) is 7.95. The minimum Gasteiger partial charge on any atom is -0.458 e. The van der Waals surface area contributed by atoms with E-state index in [1.807, 2.05) is 100 Å². The predicted octanol–water partition coefficient (Wildman–Crippen LogP) is 17.6. The van der Waals surface area contributed by atoms with Gasteiger partial charge in [0.05, 0.1) is 57.0 Å². The van der Waals surface area contributed by atoms with Crippen molar-refractivity contribution in [2.75, 3.05) is 0 Å². The Hall–Kier alpha value is -9.00. The van der Waals surface area contributed by atoms with E-state index in [-0.39, 0.29) is 28.5 Å². The molecule has 0 aliphatic carbocycles. The maximum absolute atomic E-state index is 9.31. The summed E-state index contributed by atoms with van der Waals surface area (Å²) in [6, 6.07) is 59.3. The second-order valence-electron chi connectivity index (χ2n) is 21.6. The van der Waals surface area contributed by atoms with Crippen LogP contribution in [0.4, 0.5) is 0 Å². The smallest absolute Gasteiger partial charge is 0.269 e. The summed E-state index contributed by atoms with van der Waals surface area (Å²) < 4.78 is 77.6. The highest BCUT2D eigenvalue weighted by molar-refractivity contribution is 6.16. The van der Waals surface area contributed by atoms with Gasteiger partial charge in [-0.15, -0.1) is 0 Å². The molecule has 0 fully saturated rings. The Labute approximate surface area is 454 Å². The molecule has 13 rings (SSSR count). The summed E-state index contributed by atoms with van der Waals surface area (Å²) in [6.45, 7) is 14.8. The Bertz CT molecular complexity index is 4690. The second kappa shape index (κ2) is 18.1. The van der Waals surface area contributed by atoms with E-state index in [9.17, 15) is 2.74 Å². The van der Waals surface area contributed by atoms with E-state index >= 15 is 0 Å². The van der Waals surface area contributed by atoms with E-state index in [2.05, 4.69) is 142 Å². The molecule has 0 bridgehead atoms. The highest BCUT2D eigenvalue weighted by atomic mass is 16.5. The van der Waals surface area contributed by atoms with Crippen LogP contribution in [-0.4, -0.2) is 18.7 Å². The summed E-state index contributed by atoms with van der Waals surface area (Å²) >= 11 is 0. The van der Waals surface area contributed by atoms with Gasteiger partial charge in [-0.2, -0.15) is 0 Å². The maximum Gasteiger partial charge on any atom is 0.269 e. The van der Waals surface area contributed by atoms with Gasteiger partial charge in [0.25, 0.3) is 6.33 Å². The number of pyridine rings is 1. The van der Waals surface area contributed by atoms with Crippen LogP contribution in [0.3, 0.4) is 0 Å². The van der Waals surface area contributed by atoms with Crippen molar-refractivity contribution in [3.8, 4) is 56.6 Å². The fraction of sp³-hybridized carbons (Fsp3) is 0.143. The van der Waals surface area contributed by atoms with E-state index in [1.165, 1.54) is 0 Å². The lowest BCUT2D eigenvalue weighted by Gasteiger charge is -2.27. The number of fused-ring (bicyclic) bond motifs is 7. The average molecular weight is 993 g/mol. The summed E-state index contributed by atoms with van der Waals surface area (Å²) in [7, 11) is 0. The molecule has 0 saturated carbocycles. The minimum absolute atomic E-state index is 0.0926. The number of hydrogen-bond acceptors (Lipinski definition) is 2. The van der Waals surface area contributed by atoms with Crippen molar-refractivity contribution >= 4 is 54.6 Å². The molecule has 0 saturated heterocycles. The zero-order valence-corrected chi connectivity index (χ0v) is 43.5. The van der Waals surface area contributed by atoms with Crippen molar-refractivity contribution in [3.63, 3.8) is 0 Å². The number of aryl methyl sites for hydroxylation is 1. The second-order valence-corrected chi connectivity index (χ2v) is 21.6. The molecule has 0 unspecified atom stereocenters. The van der Waals surface area contributed by atoms with Crippen molar-refractivity contribution in [3.05, 3.63) is 241 Å². The number of para-hydroxylation sites is 6. The first-order valence-corrected chi connectivity index (χ1v) is 25.8. The van der Waals surface area contributed by atoms with Crippen molar-refractivity contribution in [2.24, 2.45) is 0 Å². The standard InChI is InChI=1S/C70H59N5O/c1-8-46-36-37-71-66(38-46)75-61-33-17-14-28-58(61)67-64(74-59-31-15-12-26-56(59)57-27-13-16-32-60(57)74)43-53(44-65(67)75)76-52-25-20-24-51(42-52)72-45-73(63-35-19-18-34-62(63)72)68-54(47-22-10-9-11-23-47)29-21-30-55(68)48-39-49(69(2,3)4)41-50(40-48)70(5,6)7/h9-44H,8H2,1-7H3/i8D2,9D,10D,11D,22D,23D. The van der Waals surface area contributed by atoms with Gasteiger partial charge in [0.1, 0.15) is 17.3 Å². The van der Waals surface area contributed by atoms with Gasteiger partial charge in [0.15, 0.2) is 0 Å². The molecule has 6 nitrogen and oxygen atoms in total. The van der Waals surface area contributed by atoms with Gasteiger partial charge in [-0.05, 0) is 105 Å². The Morgan fingerprint density at radius 1 is 0.553 bits per heavy atom. The van der Waals surface area contributed by atoms with Gasteiger partial charge in [0.2, 0.25) is 0 Å². The zero-order chi connectivity index (χ0) is 58.0. The van der Waals surface area contributed by atoms with E-state index in [0.717, 1.165) is 88.3 Å². The fourth-order valence-corrected chi connectivity index (χ4v) is 10.9. The molecule has 9 aromatic carbocycles. The van der Waals surface area contributed by atoms with E-state index < -0.39 is 24.5 Å². The molecule has 0 atom stereocenters. The quantitative estimate of drug-likeness (QED) is 0.107. The van der Waals surface area contributed by atoms with E-state index in [1.54, 1.807) is 19.2 Å². The van der Waals surface area contributed by atoms with E-state index in [0.29, 0.717) is 34.1 Å². The van der Waals surface area contributed by atoms with Gasteiger partial charge in [-0.3, -0.25) is 13.7 Å². The molecule has 0 amide bonds. The van der Waals surface area contributed by atoms with Crippen LogP contribution in [0.2, 0.25) is 0 Å². The molecule has 76 heavy (non-hydrogen) atoms. The monoisotopic (exact) mass is 993 g/mol. The zero-order valence-electron chi connectivity index (χ0n) is 50.5. The lowest BCUT2D eigenvalue weighted by atomic mass is 9.78. The SMILES string of the molecule is [2H]c1c([2H])c([2H])c(-c2cccc(-c3cc(C(C)(C)C)cc(C(C)(C)C)c3)c2-[n+]2[c-]n(-c3cccc(Oc4cc(-n5c6ccccc6c6ccccc65)c5c6ccccc6n(-c6cc(C([2H])([2H])C)ccn6)c5c4)c3)c3ccccc32)c([2H])c1[2H]. The number of rotatable bonds is 9. The predicted molar refractivity (Wildman–Crippen MR) is 314 cm³/mol. The van der Waals surface area contributed by atoms with Crippen LogP contribution < -0.4 is 9.30 Å². The number of imidazole rings is 1. The average Bonchev–Trinajstić information content (AvgIpc) is 3.99. The molecule has 0 aliphatic heterocycles. The minimum atomic E-state index is -1.62. The molecular formula is C70H59N5O. The van der Waals surface area contributed by atoms with Crippen LogP contribution in [-0.2, 0) is 17.2 Å². The Morgan fingerprint density at radius 2 is 1.16 bits per heavy atom. The largest absolute Gasteiger partial charge is 0.458 e. The van der Waals surface area contributed by atoms with Crippen LogP contribution in [0.5, 0.6) is 11.5 Å². The molecule has 0 radical (unpaired) electrons. The highest BCUT2D eigenvalue weighted by Gasteiger charge is 2.26. The lowest BCUT2D eigenvalue weighted by molar-refractivity contribution is -0.571. The third-order valence-electron chi connectivity index (χ3n) is 14.7.